The van der Waals surface area contributed by atoms with Gasteiger partial charge in [0.1, 0.15) is 0 Å². The molecule has 0 unspecified atom stereocenters. The zero-order chi connectivity index (χ0) is 19.6. The Bertz CT molecular complexity index is 1010. The van der Waals surface area contributed by atoms with Gasteiger partial charge in [-0.2, -0.15) is 13.2 Å². The lowest BCUT2D eigenvalue weighted by molar-refractivity contribution is -0.140. The predicted octanol–water partition coefficient (Wildman–Crippen LogP) is 4.64. The van der Waals surface area contributed by atoms with Crippen molar-refractivity contribution in [3.8, 4) is 0 Å². The number of aromatic nitrogens is 1. The molecular weight excluding hydrogens is 381 g/mol. The van der Waals surface area contributed by atoms with Gasteiger partial charge in [-0.25, -0.2) is 4.98 Å². The van der Waals surface area contributed by atoms with Gasteiger partial charge in [0.2, 0.25) is 5.78 Å². The minimum atomic E-state index is -4.59. The van der Waals surface area contributed by atoms with Gasteiger partial charge in [0.15, 0.2) is 16.6 Å². The van der Waals surface area contributed by atoms with Crippen molar-refractivity contribution in [3.63, 3.8) is 0 Å². The van der Waals surface area contributed by atoms with Gasteiger partial charge in [0.05, 0.1) is 6.26 Å². The summed E-state index contributed by atoms with van der Waals surface area (Å²) in [4.78, 5) is 27.9. The second-order valence-electron chi connectivity index (χ2n) is 5.36. The lowest BCUT2D eigenvalue weighted by Crippen LogP contribution is -2.14. The third-order valence-electron chi connectivity index (χ3n) is 3.51. The van der Waals surface area contributed by atoms with Crippen molar-refractivity contribution in [2.75, 3.05) is 5.32 Å². The number of benzene rings is 1. The molecule has 3 aromatic rings. The lowest BCUT2D eigenvalue weighted by Gasteiger charge is -2.07. The summed E-state index contributed by atoms with van der Waals surface area (Å²) in [6, 6.07) is 9.22. The molecule has 3 rings (SSSR count). The van der Waals surface area contributed by atoms with Gasteiger partial charge >= 0.3 is 6.18 Å². The quantitative estimate of drug-likeness (QED) is 0.507. The van der Waals surface area contributed by atoms with Crippen molar-refractivity contribution < 1.29 is 27.2 Å². The van der Waals surface area contributed by atoms with E-state index in [-0.39, 0.29) is 27.8 Å². The predicted molar refractivity (Wildman–Crippen MR) is 93.4 cm³/mol. The van der Waals surface area contributed by atoms with E-state index < -0.39 is 17.8 Å². The molecule has 1 aromatic carbocycles. The zero-order valence-electron chi connectivity index (χ0n) is 13.5. The van der Waals surface area contributed by atoms with Crippen LogP contribution in [0.3, 0.4) is 0 Å². The van der Waals surface area contributed by atoms with E-state index in [0.717, 1.165) is 5.38 Å². The Morgan fingerprint density at radius 3 is 2.52 bits per heavy atom. The van der Waals surface area contributed by atoms with Crippen LogP contribution in [-0.2, 0) is 11.0 Å². The Labute approximate surface area is 155 Å². The van der Waals surface area contributed by atoms with E-state index in [2.05, 4.69) is 16.9 Å². The normalized spacial score (nSPS) is 11.2. The number of furan rings is 1. The van der Waals surface area contributed by atoms with Crippen molar-refractivity contribution in [2.45, 2.75) is 6.18 Å². The highest BCUT2D eigenvalue weighted by Gasteiger charge is 2.34. The number of thiazole rings is 1. The molecule has 0 saturated carbocycles. The van der Waals surface area contributed by atoms with Crippen LogP contribution in [0.15, 0.2) is 59.0 Å². The minimum absolute atomic E-state index is 0.0205. The van der Waals surface area contributed by atoms with E-state index in [1.807, 2.05) is 0 Å². The Balaban J connectivity index is 1.75. The maximum atomic E-state index is 12.6. The molecule has 27 heavy (non-hydrogen) atoms. The summed E-state index contributed by atoms with van der Waals surface area (Å²) in [6.45, 7) is 3.65. The monoisotopic (exact) mass is 392 g/mol. The fourth-order valence-electron chi connectivity index (χ4n) is 2.16. The number of amides is 1. The maximum Gasteiger partial charge on any atom is 0.434 e. The maximum absolute atomic E-state index is 12.6. The Morgan fingerprint density at radius 2 is 1.89 bits per heavy atom. The smallest absolute Gasteiger partial charge is 0.434 e. The second kappa shape index (κ2) is 7.20. The summed E-state index contributed by atoms with van der Waals surface area (Å²) in [5, 5.41) is 2.88. The summed E-state index contributed by atoms with van der Waals surface area (Å²) in [5.41, 5.74) is -0.477. The van der Waals surface area contributed by atoms with Gasteiger partial charge in [0, 0.05) is 16.5 Å². The number of halogens is 3. The number of rotatable bonds is 5. The van der Waals surface area contributed by atoms with E-state index in [0.29, 0.717) is 16.9 Å². The van der Waals surface area contributed by atoms with Crippen LogP contribution in [0.1, 0.15) is 27.4 Å². The number of carbonyl (C=O) groups is 2. The fraction of sp³-hybridized carbons (Fsp3) is 0.0556. The van der Waals surface area contributed by atoms with Crippen LogP contribution in [0, 0.1) is 0 Å². The third-order valence-corrected chi connectivity index (χ3v) is 4.27. The highest BCUT2D eigenvalue weighted by molar-refractivity contribution is 7.14. The number of hydrogen-bond acceptors (Lipinski definition) is 5. The molecule has 9 heteroatoms. The molecule has 0 bridgehead atoms. The van der Waals surface area contributed by atoms with Crippen molar-refractivity contribution in [1.29, 1.82) is 0 Å². The van der Waals surface area contributed by atoms with E-state index in [4.69, 9.17) is 4.42 Å². The van der Waals surface area contributed by atoms with Crippen molar-refractivity contribution in [1.82, 2.24) is 4.98 Å². The van der Waals surface area contributed by atoms with E-state index >= 15 is 0 Å². The van der Waals surface area contributed by atoms with Crippen LogP contribution < -0.4 is 5.32 Å². The largest absolute Gasteiger partial charge is 0.461 e. The molecule has 138 valence electrons. The lowest BCUT2D eigenvalue weighted by atomic mass is 10.0. The van der Waals surface area contributed by atoms with Crippen LogP contribution in [0.25, 0.3) is 5.57 Å². The molecule has 0 aliphatic rings. The van der Waals surface area contributed by atoms with E-state index in [1.54, 1.807) is 24.3 Å². The Morgan fingerprint density at radius 1 is 1.15 bits per heavy atom. The summed E-state index contributed by atoms with van der Waals surface area (Å²) in [6.07, 6.45) is -3.22. The van der Waals surface area contributed by atoms with Gasteiger partial charge in [-0.05, 0) is 23.8 Å². The van der Waals surface area contributed by atoms with Gasteiger partial charge in [0.25, 0.3) is 5.91 Å². The number of ketones is 1. The van der Waals surface area contributed by atoms with Crippen molar-refractivity contribution in [2.24, 2.45) is 0 Å². The van der Waals surface area contributed by atoms with Crippen LogP contribution in [0.4, 0.5) is 18.3 Å². The molecule has 5 nitrogen and oxygen atoms in total. The summed E-state index contributed by atoms with van der Waals surface area (Å²) in [5.74, 6) is -0.949. The molecule has 1 amide bonds. The summed E-state index contributed by atoms with van der Waals surface area (Å²) in [7, 11) is 0. The first-order valence-corrected chi connectivity index (χ1v) is 8.35. The standard InChI is InChI=1S/C18H11F3N2O3S/c1-10(16(25)23-17-22-14(9-27-17)18(19,20)21)11-4-2-5-12(8-11)15(24)13-6-3-7-26-13/h2-9H,1H2,(H,22,23,25). The summed E-state index contributed by atoms with van der Waals surface area (Å²) < 4.78 is 42.8. The average molecular weight is 392 g/mol. The molecule has 2 aromatic heterocycles. The Hall–Kier alpha value is -3.20. The third kappa shape index (κ3) is 4.14. The molecule has 0 saturated heterocycles. The van der Waals surface area contributed by atoms with Crippen LogP contribution in [0.5, 0.6) is 0 Å². The van der Waals surface area contributed by atoms with Crippen LogP contribution in [-0.4, -0.2) is 16.7 Å². The minimum Gasteiger partial charge on any atom is -0.461 e. The van der Waals surface area contributed by atoms with Gasteiger partial charge < -0.3 is 4.42 Å². The second-order valence-corrected chi connectivity index (χ2v) is 6.21. The fourth-order valence-corrected chi connectivity index (χ4v) is 2.88. The molecule has 0 aliphatic heterocycles. The molecule has 2 heterocycles. The number of hydrogen-bond donors (Lipinski definition) is 1. The number of anilines is 1. The molecule has 1 N–H and O–H groups in total. The number of carbonyl (C=O) groups excluding carboxylic acids is 2. The number of alkyl halides is 3. The highest BCUT2D eigenvalue weighted by atomic mass is 32.1. The topological polar surface area (TPSA) is 72.2 Å². The average Bonchev–Trinajstić information content (AvgIpc) is 3.32. The molecular formula is C18H11F3N2O3S. The van der Waals surface area contributed by atoms with Gasteiger partial charge in [-0.3, -0.25) is 14.9 Å². The highest BCUT2D eigenvalue weighted by Crippen LogP contribution is 2.32. The first-order valence-electron chi connectivity index (χ1n) is 7.47. The van der Waals surface area contributed by atoms with Gasteiger partial charge in [-0.15, -0.1) is 11.3 Å². The van der Waals surface area contributed by atoms with Crippen LogP contribution >= 0.6 is 11.3 Å². The number of nitrogens with zero attached hydrogens (tertiary/aromatic N) is 1. The molecule has 0 spiro atoms. The van der Waals surface area contributed by atoms with Crippen LogP contribution in [0.2, 0.25) is 0 Å². The SMILES string of the molecule is C=C(C(=O)Nc1nc(C(F)(F)F)cs1)c1cccc(C(=O)c2ccco2)c1. The summed E-state index contributed by atoms with van der Waals surface area (Å²) >= 11 is 0.653. The first kappa shape index (κ1) is 18.6. The first-order chi connectivity index (χ1) is 12.8. The molecule has 0 aliphatic carbocycles. The van der Waals surface area contributed by atoms with E-state index in [1.165, 1.54) is 18.4 Å². The van der Waals surface area contributed by atoms with Crippen molar-refractivity contribution in [3.05, 3.63) is 77.2 Å². The molecule has 0 fully saturated rings. The van der Waals surface area contributed by atoms with Gasteiger partial charge in [-0.1, -0.05) is 24.8 Å². The zero-order valence-corrected chi connectivity index (χ0v) is 14.4. The van der Waals surface area contributed by atoms with Crippen molar-refractivity contribution >= 4 is 33.7 Å². The number of nitrogens with one attached hydrogen (secondary N) is 1. The van der Waals surface area contributed by atoms with E-state index in [9.17, 15) is 22.8 Å². The Kier molecular flexibility index (Phi) is 4.95. The molecule has 0 radical (unpaired) electrons. The molecule has 0 atom stereocenters.